The average Bonchev–Trinajstić information content (AvgIpc) is 3.20. The van der Waals surface area contributed by atoms with Gasteiger partial charge in [-0.15, -0.1) is 22.0 Å². The summed E-state index contributed by atoms with van der Waals surface area (Å²) in [5.41, 5.74) is 1.12. The van der Waals surface area contributed by atoms with Gasteiger partial charge in [-0.1, -0.05) is 22.9 Å². The Morgan fingerprint density at radius 2 is 2.19 bits per heavy atom. The number of aromatic nitrogens is 4. The maximum atomic E-state index is 12.8. The van der Waals surface area contributed by atoms with Crippen molar-refractivity contribution < 1.29 is 18.3 Å². The third-order valence-electron chi connectivity index (χ3n) is 3.50. The van der Waals surface area contributed by atoms with Crippen LogP contribution in [0.5, 0.6) is 0 Å². The number of methoxy groups -OCH3 is 1. The number of carbonyl (C=O) groups is 1. The van der Waals surface area contributed by atoms with Gasteiger partial charge < -0.3 is 4.74 Å². The summed E-state index contributed by atoms with van der Waals surface area (Å²) in [7, 11) is 3.06. The van der Waals surface area contributed by atoms with Crippen molar-refractivity contribution in [1.82, 2.24) is 20.0 Å². The van der Waals surface area contributed by atoms with Crippen molar-refractivity contribution in [1.29, 1.82) is 0 Å². The number of nitrogens with zero attached hydrogens (tertiary/aromatic N) is 4. The van der Waals surface area contributed by atoms with Crippen LogP contribution in [0.4, 0.5) is 8.78 Å². The zero-order chi connectivity index (χ0) is 18.8. The van der Waals surface area contributed by atoms with E-state index in [1.165, 1.54) is 18.9 Å². The maximum Gasteiger partial charge on any atom is 0.306 e. The normalized spacial score (nSPS) is 11.5. The molecule has 0 amide bonds. The highest BCUT2D eigenvalue weighted by atomic mass is 35.5. The fraction of sp³-hybridized carbons (Fsp3) is 0.333. The SMILES string of the molecule is COC(=O)CCSc1cc(Cl)c2c(c1)c(-c1nnc(C(F)F)s1)nn2C. The molecular formula is C15H13ClF2N4O2S2. The van der Waals surface area contributed by atoms with Crippen molar-refractivity contribution in [2.45, 2.75) is 17.7 Å². The van der Waals surface area contributed by atoms with Crippen molar-refractivity contribution in [2.24, 2.45) is 7.05 Å². The van der Waals surface area contributed by atoms with Gasteiger partial charge in [0, 0.05) is 23.1 Å². The monoisotopic (exact) mass is 418 g/mol. The standard InChI is InChI=1S/C15H13ClF2N4O2S2/c1-22-12-8(11(21-22)14-19-20-15(26-14)13(17)18)5-7(6-9(12)16)25-4-3-10(23)24-2/h5-6,13H,3-4H2,1-2H3. The van der Waals surface area contributed by atoms with Gasteiger partial charge in [-0.25, -0.2) is 8.78 Å². The van der Waals surface area contributed by atoms with Gasteiger partial charge in [-0.05, 0) is 12.1 Å². The lowest BCUT2D eigenvalue weighted by Gasteiger charge is -2.04. The predicted molar refractivity (Wildman–Crippen MR) is 96.9 cm³/mol. The number of hydrogen-bond acceptors (Lipinski definition) is 7. The lowest BCUT2D eigenvalue weighted by molar-refractivity contribution is -0.140. The molecule has 26 heavy (non-hydrogen) atoms. The number of ether oxygens (including phenoxy) is 1. The minimum absolute atomic E-state index is 0.269. The number of halogens is 3. The molecule has 0 N–H and O–H groups in total. The van der Waals surface area contributed by atoms with E-state index in [1.54, 1.807) is 17.8 Å². The molecule has 0 unspecified atom stereocenters. The summed E-state index contributed by atoms with van der Waals surface area (Å²) in [6, 6.07) is 3.64. The summed E-state index contributed by atoms with van der Waals surface area (Å²) >= 11 is 8.62. The third-order valence-corrected chi connectivity index (χ3v) is 5.70. The van der Waals surface area contributed by atoms with Crippen LogP contribution in [-0.2, 0) is 16.6 Å². The predicted octanol–water partition coefficient (Wildman–Crippen LogP) is 4.34. The van der Waals surface area contributed by atoms with E-state index in [2.05, 4.69) is 20.0 Å². The van der Waals surface area contributed by atoms with E-state index in [4.69, 9.17) is 11.6 Å². The van der Waals surface area contributed by atoms with E-state index in [1.807, 2.05) is 6.07 Å². The molecule has 0 saturated heterocycles. The molecular weight excluding hydrogens is 406 g/mol. The Morgan fingerprint density at radius 1 is 1.42 bits per heavy atom. The first-order chi connectivity index (χ1) is 12.4. The van der Waals surface area contributed by atoms with E-state index in [0.717, 1.165) is 16.2 Å². The number of benzene rings is 1. The minimum atomic E-state index is -2.68. The molecule has 11 heteroatoms. The largest absolute Gasteiger partial charge is 0.469 e. The zero-order valence-corrected chi connectivity index (χ0v) is 16.1. The van der Waals surface area contributed by atoms with Crippen molar-refractivity contribution in [2.75, 3.05) is 12.9 Å². The Balaban J connectivity index is 1.97. The zero-order valence-electron chi connectivity index (χ0n) is 13.7. The first kappa shape index (κ1) is 19.0. The first-order valence-electron chi connectivity index (χ1n) is 7.38. The number of aryl methyl sites for hydroxylation is 1. The highest BCUT2D eigenvalue weighted by molar-refractivity contribution is 7.99. The summed E-state index contributed by atoms with van der Waals surface area (Å²) in [5, 5.41) is 12.8. The van der Waals surface area contributed by atoms with Crippen molar-refractivity contribution in [3.8, 4) is 10.7 Å². The van der Waals surface area contributed by atoms with Crippen molar-refractivity contribution in [3.05, 3.63) is 22.2 Å². The molecule has 3 rings (SSSR count). The topological polar surface area (TPSA) is 69.9 Å². The lowest BCUT2D eigenvalue weighted by Crippen LogP contribution is -2.00. The fourth-order valence-corrected chi connectivity index (χ4v) is 4.36. The Bertz CT molecular complexity index is 961. The number of hydrogen-bond donors (Lipinski definition) is 0. The lowest BCUT2D eigenvalue weighted by atomic mass is 10.2. The van der Waals surface area contributed by atoms with E-state index in [9.17, 15) is 13.6 Å². The van der Waals surface area contributed by atoms with Gasteiger partial charge in [-0.2, -0.15) is 5.10 Å². The molecule has 0 radical (unpaired) electrons. The van der Waals surface area contributed by atoms with Gasteiger partial charge in [0.05, 0.1) is 24.1 Å². The summed E-state index contributed by atoms with van der Waals surface area (Å²) in [6.07, 6.45) is -2.41. The van der Waals surface area contributed by atoms with Crippen LogP contribution in [0, 0.1) is 0 Å². The van der Waals surface area contributed by atoms with Crippen molar-refractivity contribution in [3.63, 3.8) is 0 Å². The molecule has 1 aromatic carbocycles. The second-order valence-corrected chi connectivity index (χ2v) is 7.78. The molecule has 6 nitrogen and oxygen atoms in total. The summed E-state index contributed by atoms with van der Waals surface area (Å²) in [6.45, 7) is 0. The molecule has 0 fully saturated rings. The van der Waals surface area contributed by atoms with Crippen molar-refractivity contribution >= 4 is 51.6 Å². The first-order valence-corrected chi connectivity index (χ1v) is 9.56. The number of thioether (sulfide) groups is 1. The van der Waals surface area contributed by atoms with Gasteiger partial charge in [0.2, 0.25) is 0 Å². The summed E-state index contributed by atoms with van der Waals surface area (Å²) in [4.78, 5) is 12.1. The molecule has 138 valence electrons. The fourth-order valence-electron chi connectivity index (χ4n) is 2.35. The molecule has 2 heterocycles. The second kappa shape index (κ2) is 7.85. The van der Waals surface area contributed by atoms with Crippen LogP contribution < -0.4 is 0 Å². The van der Waals surface area contributed by atoms with E-state index < -0.39 is 6.43 Å². The molecule has 2 aromatic heterocycles. The molecule has 0 spiro atoms. The molecule has 0 aliphatic carbocycles. The van der Waals surface area contributed by atoms with Gasteiger partial charge in [0.15, 0.2) is 10.0 Å². The number of fused-ring (bicyclic) bond motifs is 1. The summed E-state index contributed by atoms with van der Waals surface area (Å²) < 4.78 is 31.8. The number of rotatable bonds is 6. The Kier molecular flexibility index (Phi) is 5.73. The molecule has 0 atom stereocenters. The highest BCUT2D eigenvalue weighted by Crippen LogP contribution is 2.37. The summed E-state index contributed by atoms with van der Waals surface area (Å²) in [5.74, 6) is 0.235. The van der Waals surface area contributed by atoms with Crippen LogP contribution in [0.1, 0.15) is 17.9 Å². The Labute approximate surface area is 160 Å². The van der Waals surface area contributed by atoms with E-state index >= 15 is 0 Å². The highest BCUT2D eigenvalue weighted by Gasteiger charge is 2.21. The molecule has 0 saturated carbocycles. The van der Waals surface area contributed by atoms with E-state index in [-0.39, 0.29) is 17.4 Å². The van der Waals surface area contributed by atoms with Gasteiger partial charge in [0.25, 0.3) is 6.43 Å². The van der Waals surface area contributed by atoms with Gasteiger partial charge in [0.1, 0.15) is 5.69 Å². The average molecular weight is 419 g/mol. The quantitative estimate of drug-likeness (QED) is 0.438. The van der Waals surface area contributed by atoms with E-state index in [0.29, 0.717) is 32.4 Å². The van der Waals surface area contributed by atoms with Crippen LogP contribution in [0.3, 0.4) is 0 Å². The van der Waals surface area contributed by atoms with Gasteiger partial charge >= 0.3 is 5.97 Å². The molecule has 0 aliphatic heterocycles. The molecule has 3 aromatic rings. The second-order valence-electron chi connectivity index (χ2n) is 5.19. The van der Waals surface area contributed by atoms with Crippen LogP contribution in [0.25, 0.3) is 21.6 Å². The Morgan fingerprint density at radius 3 is 2.85 bits per heavy atom. The Hall–Kier alpha value is -1.78. The van der Waals surface area contributed by atoms with Crippen LogP contribution in [0.2, 0.25) is 5.02 Å². The van der Waals surface area contributed by atoms with Crippen LogP contribution in [0.15, 0.2) is 17.0 Å². The third kappa shape index (κ3) is 3.81. The smallest absolute Gasteiger partial charge is 0.306 e. The van der Waals surface area contributed by atoms with Crippen LogP contribution in [-0.4, -0.2) is 38.8 Å². The van der Waals surface area contributed by atoms with Crippen LogP contribution >= 0.6 is 34.7 Å². The number of carbonyl (C=O) groups excluding carboxylic acids is 1. The number of alkyl halides is 2. The van der Waals surface area contributed by atoms with Gasteiger partial charge in [-0.3, -0.25) is 9.48 Å². The molecule has 0 aliphatic rings. The maximum absolute atomic E-state index is 12.8. The number of esters is 1. The molecule has 0 bridgehead atoms. The minimum Gasteiger partial charge on any atom is -0.469 e.